The topological polar surface area (TPSA) is 95.9 Å². The Morgan fingerprint density at radius 1 is 0.971 bits per heavy atom. The number of benzene rings is 2. The normalized spacial score (nSPS) is 20.2. The van der Waals surface area contributed by atoms with E-state index in [2.05, 4.69) is 29.6 Å². The van der Waals surface area contributed by atoms with Gasteiger partial charge in [-0.3, -0.25) is 4.79 Å². The Morgan fingerprint density at radius 3 is 2.21 bits per heavy atom. The van der Waals surface area contributed by atoms with Gasteiger partial charge in [0.2, 0.25) is 5.91 Å². The molecule has 1 heterocycles. The van der Waals surface area contributed by atoms with Crippen molar-refractivity contribution in [3.05, 3.63) is 59.7 Å². The van der Waals surface area contributed by atoms with Gasteiger partial charge in [0.25, 0.3) is 0 Å². The summed E-state index contributed by atoms with van der Waals surface area (Å²) in [6.45, 7) is 0.677. The minimum atomic E-state index is -0.962. The molecular formula is C27H30N2O5. The summed E-state index contributed by atoms with van der Waals surface area (Å²) in [5.74, 6) is -0.977. The van der Waals surface area contributed by atoms with E-state index in [0.29, 0.717) is 19.4 Å². The molecule has 7 heteroatoms. The standard InChI is InChI=1S/C27H30N2O5/c30-25(29-14-6-13-24(29)26(31)32)15-23(17-7-5-8-17)28-27(33)34-16-22-20-11-3-1-9-18(20)19-10-2-4-12-21(19)22/h1-4,9-12,17,22-24H,5-8,13-16H2,(H,28,33)(H,31,32). The molecule has 178 valence electrons. The molecule has 2 atom stereocenters. The molecule has 34 heavy (non-hydrogen) atoms. The summed E-state index contributed by atoms with van der Waals surface area (Å²) < 4.78 is 5.69. The van der Waals surface area contributed by atoms with Crippen LogP contribution in [0.3, 0.4) is 0 Å². The second-order valence-electron chi connectivity index (χ2n) is 9.55. The van der Waals surface area contributed by atoms with E-state index >= 15 is 0 Å². The lowest BCUT2D eigenvalue weighted by Crippen LogP contribution is -2.48. The summed E-state index contributed by atoms with van der Waals surface area (Å²) in [6, 6.07) is 15.3. The number of amides is 2. The van der Waals surface area contributed by atoms with Crippen molar-refractivity contribution in [1.82, 2.24) is 10.2 Å². The van der Waals surface area contributed by atoms with Gasteiger partial charge < -0.3 is 20.1 Å². The Labute approximate surface area is 199 Å². The Kier molecular flexibility index (Phi) is 6.26. The van der Waals surface area contributed by atoms with E-state index in [9.17, 15) is 19.5 Å². The van der Waals surface area contributed by atoms with Gasteiger partial charge in [0.05, 0.1) is 0 Å². The van der Waals surface area contributed by atoms with Gasteiger partial charge in [-0.2, -0.15) is 0 Å². The number of nitrogens with zero attached hydrogens (tertiary/aromatic N) is 1. The molecule has 1 saturated carbocycles. The van der Waals surface area contributed by atoms with Crippen molar-refractivity contribution in [2.45, 2.75) is 56.5 Å². The van der Waals surface area contributed by atoms with Crippen molar-refractivity contribution >= 4 is 18.0 Å². The Balaban J connectivity index is 1.23. The number of aliphatic carboxylic acids is 1. The van der Waals surface area contributed by atoms with Crippen LogP contribution in [0, 0.1) is 5.92 Å². The van der Waals surface area contributed by atoms with E-state index in [4.69, 9.17) is 4.74 Å². The van der Waals surface area contributed by atoms with Gasteiger partial charge in [-0.1, -0.05) is 55.0 Å². The van der Waals surface area contributed by atoms with Crippen LogP contribution in [0.15, 0.2) is 48.5 Å². The molecule has 0 aromatic heterocycles. The molecule has 2 aromatic rings. The van der Waals surface area contributed by atoms with Crippen molar-refractivity contribution in [2.24, 2.45) is 5.92 Å². The number of fused-ring (bicyclic) bond motifs is 3. The van der Waals surface area contributed by atoms with E-state index in [1.165, 1.54) is 16.0 Å². The monoisotopic (exact) mass is 462 g/mol. The molecular weight excluding hydrogens is 432 g/mol. The number of hydrogen-bond acceptors (Lipinski definition) is 4. The van der Waals surface area contributed by atoms with E-state index in [0.717, 1.165) is 30.4 Å². The molecule has 0 spiro atoms. The first-order valence-corrected chi connectivity index (χ1v) is 12.2. The summed E-state index contributed by atoms with van der Waals surface area (Å²) >= 11 is 0. The SMILES string of the molecule is O=C(NC(CC(=O)N1CCCC1C(=O)O)C1CCC1)OCC1c2ccccc2-c2ccccc21. The molecule has 2 N–H and O–H groups in total. The first-order valence-electron chi connectivity index (χ1n) is 12.2. The summed E-state index contributed by atoms with van der Waals surface area (Å²) in [5, 5.41) is 12.3. The third-order valence-electron chi connectivity index (χ3n) is 7.62. The van der Waals surface area contributed by atoms with Crippen molar-refractivity contribution < 1.29 is 24.2 Å². The summed E-state index contributed by atoms with van der Waals surface area (Å²) in [5.41, 5.74) is 4.64. The molecule has 7 nitrogen and oxygen atoms in total. The number of carboxylic acids is 1. The van der Waals surface area contributed by atoms with Gasteiger partial charge in [0.1, 0.15) is 12.6 Å². The van der Waals surface area contributed by atoms with Crippen molar-refractivity contribution in [3.8, 4) is 11.1 Å². The van der Waals surface area contributed by atoms with E-state index < -0.39 is 18.1 Å². The van der Waals surface area contributed by atoms with Crippen LogP contribution < -0.4 is 5.32 Å². The lowest BCUT2D eigenvalue weighted by atomic mass is 9.78. The number of carbonyl (C=O) groups excluding carboxylic acids is 2. The zero-order chi connectivity index (χ0) is 23.7. The maximum atomic E-state index is 12.9. The van der Waals surface area contributed by atoms with Gasteiger partial charge in [-0.05, 0) is 53.9 Å². The van der Waals surface area contributed by atoms with Crippen molar-refractivity contribution in [2.75, 3.05) is 13.2 Å². The highest BCUT2D eigenvalue weighted by Gasteiger charge is 2.38. The summed E-state index contributed by atoms with van der Waals surface area (Å²) in [6.07, 6.45) is 3.73. The number of alkyl carbamates (subject to hydrolysis) is 1. The van der Waals surface area contributed by atoms with Crippen LogP contribution in [0.25, 0.3) is 11.1 Å². The molecule has 3 aliphatic rings. The van der Waals surface area contributed by atoms with Crippen LogP contribution >= 0.6 is 0 Å². The fraction of sp³-hybridized carbons (Fsp3) is 0.444. The maximum Gasteiger partial charge on any atom is 0.407 e. The van der Waals surface area contributed by atoms with Gasteiger partial charge in [-0.15, -0.1) is 0 Å². The molecule has 0 bridgehead atoms. The average Bonchev–Trinajstić information content (AvgIpc) is 3.40. The predicted molar refractivity (Wildman–Crippen MR) is 126 cm³/mol. The fourth-order valence-electron chi connectivity index (χ4n) is 5.60. The number of ether oxygens (including phenoxy) is 1. The molecule has 2 amide bonds. The van der Waals surface area contributed by atoms with Gasteiger partial charge in [-0.25, -0.2) is 9.59 Å². The molecule has 5 rings (SSSR count). The van der Waals surface area contributed by atoms with Crippen molar-refractivity contribution in [1.29, 1.82) is 0 Å². The average molecular weight is 463 g/mol. The highest BCUT2D eigenvalue weighted by atomic mass is 16.5. The summed E-state index contributed by atoms with van der Waals surface area (Å²) in [7, 11) is 0. The molecule has 0 radical (unpaired) electrons. The molecule has 2 aromatic carbocycles. The number of nitrogens with one attached hydrogen (secondary N) is 1. The second-order valence-corrected chi connectivity index (χ2v) is 9.55. The lowest BCUT2D eigenvalue weighted by molar-refractivity contribution is -0.148. The highest BCUT2D eigenvalue weighted by Crippen LogP contribution is 2.44. The fourth-order valence-corrected chi connectivity index (χ4v) is 5.60. The third kappa shape index (κ3) is 4.27. The molecule has 2 unspecified atom stereocenters. The zero-order valence-corrected chi connectivity index (χ0v) is 19.1. The van der Waals surface area contributed by atoms with E-state index in [-0.39, 0.29) is 36.8 Å². The first-order chi connectivity index (χ1) is 16.5. The van der Waals surface area contributed by atoms with Gasteiger partial charge >= 0.3 is 12.1 Å². The number of carboxylic acid groups (broad SMARTS) is 1. The Morgan fingerprint density at radius 2 is 1.62 bits per heavy atom. The van der Waals surface area contributed by atoms with Crippen molar-refractivity contribution in [3.63, 3.8) is 0 Å². The lowest BCUT2D eigenvalue weighted by Gasteiger charge is -2.35. The largest absolute Gasteiger partial charge is 0.480 e. The predicted octanol–water partition coefficient (Wildman–Crippen LogP) is 4.16. The van der Waals surface area contributed by atoms with Crippen LogP contribution in [0.1, 0.15) is 55.6 Å². The Bertz CT molecular complexity index is 1050. The second kappa shape index (κ2) is 9.49. The molecule has 2 aliphatic carbocycles. The number of rotatable bonds is 7. The molecule has 1 saturated heterocycles. The number of hydrogen-bond donors (Lipinski definition) is 2. The first kappa shape index (κ1) is 22.4. The van der Waals surface area contributed by atoms with Crippen LogP contribution in [0.2, 0.25) is 0 Å². The quantitative estimate of drug-likeness (QED) is 0.644. The minimum Gasteiger partial charge on any atom is -0.480 e. The van der Waals surface area contributed by atoms with Crippen LogP contribution in [0.5, 0.6) is 0 Å². The van der Waals surface area contributed by atoms with E-state index in [1.54, 1.807) is 0 Å². The van der Waals surface area contributed by atoms with Gasteiger partial charge in [0.15, 0.2) is 0 Å². The smallest absolute Gasteiger partial charge is 0.407 e. The van der Waals surface area contributed by atoms with E-state index in [1.807, 2.05) is 24.3 Å². The third-order valence-corrected chi connectivity index (χ3v) is 7.62. The molecule has 2 fully saturated rings. The van der Waals surface area contributed by atoms with Crippen LogP contribution in [-0.4, -0.2) is 53.2 Å². The van der Waals surface area contributed by atoms with Crippen LogP contribution in [0.4, 0.5) is 4.79 Å². The maximum absolute atomic E-state index is 12.9. The van der Waals surface area contributed by atoms with Crippen LogP contribution in [-0.2, 0) is 14.3 Å². The molecule has 1 aliphatic heterocycles. The number of carbonyl (C=O) groups is 3. The minimum absolute atomic E-state index is 0.0251. The number of likely N-dealkylation sites (tertiary alicyclic amines) is 1. The summed E-state index contributed by atoms with van der Waals surface area (Å²) in [4.78, 5) is 38.6. The highest BCUT2D eigenvalue weighted by molar-refractivity contribution is 5.85. The van der Waals surface area contributed by atoms with Gasteiger partial charge in [0, 0.05) is 24.9 Å². The Hall–Kier alpha value is -3.35. The zero-order valence-electron chi connectivity index (χ0n) is 19.1.